The zero-order valence-electron chi connectivity index (χ0n) is 16.4. The molecule has 0 aliphatic heterocycles. The predicted octanol–water partition coefficient (Wildman–Crippen LogP) is 6.01. The van der Waals surface area contributed by atoms with Crippen LogP contribution in [0.15, 0.2) is 66.0 Å². The number of aliphatic carboxylic acids is 1. The molecule has 0 unspecified atom stereocenters. The van der Waals surface area contributed by atoms with Gasteiger partial charge in [-0.2, -0.15) is 0 Å². The van der Waals surface area contributed by atoms with Crippen LogP contribution < -0.4 is 0 Å². The van der Waals surface area contributed by atoms with Crippen LogP contribution in [0.2, 0.25) is 0 Å². The number of benzene rings is 2. The quantitative estimate of drug-likeness (QED) is 0.415. The van der Waals surface area contributed by atoms with Crippen molar-refractivity contribution in [1.82, 2.24) is 9.55 Å². The lowest BCUT2D eigenvalue weighted by molar-refractivity contribution is -0.138. The van der Waals surface area contributed by atoms with Gasteiger partial charge in [0.25, 0.3) is 0 Å². The summed E-state index contributed by atoms with van der Waals surface area (Å²) < 4.78 is 1.22. The van der Waals surface area contributed by atoms with Crippen LogP contribution in [-0.4, -0.2) is 25.4 Å². The van der Waals surface area contributed by atoms with Crippen molar-refractivity contribution in [2.75, 3.05) is 0 Å². The minimum absolute atomic E-state index is 0.664. The molecular weight excluding hydrogens is 380 g/mol. The average Bonchev–Trinajstić information content (AvgIpc) is 3.48. The summed E-state index contributed by atoms with van der Waals surface area (Å²) in [6, 6.07) is 17.0. The molecule has 4 aromatic rings. The van der Waals surface area contributed by atoms with Gasteiger partial charge in [0, 0.05) is 17.0 Å². The lowest BCUT2D eigenvalue weighted by Gasteiger charge is -2.21. The number of fused-ring (bicyclic) bond motifs is 2. The summed E-state index contributed by atoms with van der Waals surface area (Å²) in [5.74, 6) is -0.164. The van der Waals surface area contributed by atoms with E-state index in [4.69, 9.17) is 0 Å². The number of carboxylic acid groups (broad SMARTS) is 1. The summed E-state index contributed by atoms with van der Waals surface area (Å²) in [4.78, 5) is 16.1. The molecule has 5 rings (SSSR count). The Morgan fingerprint density at radius 2 is 1.90 bits per heavy atom. The van der Waals surface area contributed by atoms with E-state index in [1.54, 1.807) is 20.0 Å². The van der Waals surface area contributed by atoms with Crippen molar-refractivity contribution in [3.8, 4) is 5.69 Å². The molecule has 1 fully saturated rings. The second kappa shape index (κ2) is 6.63. The lowest BCUT2D eigenvalue weighted by Crippen LogP contribution is -2.27. The molecule has 146 valence electrons. The maximum Gasteiger partial charge on any atom is 0.319 e. The number of carboxylic acids is 1. The molecule has 0 atom stereocenters. The second-order valence-electron chi connectivity index (χ2n) is 8.16. The van der Waals surface area contributed by atoms with Gasteiger partial charge in [0.15, 0.2) is 0 Å². The molecule has 0 amide bonds. The van der Waals surface area contributed by atoms with Gasteiger partial charge in [-0.25, -0.2) is 0 Å². The van der Waals surface area contributed by atoms with Crippen molar-refractivity contribution >= 4 is 39.4 Å². The molecule has 0 bridgehead atoms. The topological polar surface area (TPSA) is 55.1 Å². The van der Waals surface area contributed by atoms with Crippen LogP contribution in [0.1, 0.15) is 38.2 Å². The predicted molar refractivity (Wildman–Crippen MR) is 118 cm³/mol. The number of aromatic nitrogens is 2. The molecule has 29 heavy (non-hydrogen) atoms. The molecule has 2 aromatic heterocycles. The molecule has 0 radical (unpaired) electrons. The highest BCUT2D eigenvalue weighted by Gasteiger charge is 2.31. The van der Waals surface area contributed by atoms with Crippen LogP contribution in [0.5, 0.6) is 0 Å². The first kappa shape index (κ1) is 18.3. The van der Waals surface area contributed by atoms with Crippen molar-refractivity contribution in [1.29, 1.82) is 0 Å². The van der Waals surface area contributed by atoms with Crippen molar-refractivity contribution in [3.63, 3.8) is 0 Å². The summed E-state index contributed by atoms with van der Waals surface area (Å²) in [6.07, 6.45) is 6.15. The molecule has 4 nitrogen and oxygen atoms in total. The summed E-state index contributed by atoms with van der Waals surface area (Å²) in [6.45, 7) is 3.49. The minimum Gasteiger partial charge on any atom is -0.480 e. The second-order valence-corrected chi connectivity index (χ2v) is 9.81. The van der Waals surface area contributed by atoms with Crippen molar-refractivity contribution < 1.29 is 9.90 Å². The molecular formula is C24H22N2O2S. The van der Waals surface area contributed by atoms with Gasteiger partial charge in [-0.05, 0) is 61.8 Å². The molecule has 1 aliphatic rings. The Morgan fingerprint density at radius 1 is 1.14 bits per heavy atom. The van der Waals surface area contributed by atoms with E-state index in [9.17, 15) is 9.90 Å². The first-order valence-electron chi connectivity index (χ1n) is 9.85. The third kappa shape index (κ3) is 3.10. The van der Waals surface area contributed by atoms with Gasteiger partial charge < -0.3 is 9.67 Å². The van der Waals surface area contributed by atoms with Gasteiger partial charge in [0.2, 0.25) is 0 Å². The molecule has 2 aromatic carbocycles. The molecule has 1 aliphatic carbocycles. The Labute approximate surface area is 173 Å². The first-order chi connectivity index (χ1) is 14.0. The Morgan fingerprint density at radius 3 is 2.62 bits per heavy atom. The summed E-state index contributed by atoms with van der Waals surface area (Å²) in [7, 11) is 0. The Hall–Kier alpha value is -2.79. The van der Waals surface area contributed by atoms with Gasteiger partial charge in [0.1, 0.15) is 4.75 Å². The number of hydrogen-bond acceptors (Lipinski definition) is 3. The minimum atomic E-state index is -0.941. The van der Waals surface area contributed by atoms with Crippen LogP contribution in [0.25, 0.3) is 27.4 Å². The van der Waals surface area contributed by atoms with Crippen LogP contribution in [-0.2, 0) is 4.79 Å². The first-order valence-corrected chi connectivity index (χ1v) is 10.7. The fourth-order valence-corrected chi connectivity index (χ4v) is 4.99. The largest absolute Gasteiger partial charge is 0.480 e. The van der Waals surface area contributed by atoms with Gasteiger partial charge in [-0.3, -0.25) is 9.78 Å². The van der Waals surface area contributed by atoms with E-state index in [0.717, 1.165) is 21.6 Å². The number of nitrogens with zero attached hydrogens (tertiary/aromatic N) is 2. The van der Waals surface area contributed by atoms with Crippen LogP contribution in [0.4, 0.5) is 0 Å². The Bertz CT molecular complexity index is 1250. The Kier molecular flexibility index (Phi) is 4.17. The molecule has 0 saturated heterocycles. The standard InChI is InChI=1S/C24H22N2O2S/c1-24(2,23(27)28)29-22-13-16-11-12-25-14-21(16)26(22)20-10-9-17(15-7-8-15)18-5-3-4-6-19(18)20/h3-6,9-15H,7-8H2,1-2H3,(H,27,28). The van der Waals surface area contributed by atoms with E-state index < -0.39 is 10.7 Å². The summed E-state index contributed by atoms with van der Waals surface area (Å²) in [5, 5.41) is 14.1. The zero-order chi connectivity index (χ0) is 20.2. The highest BCUT2D eigenvalue weighted by Crippen LogP contribution is 2.45. The smallest absolute Gasteiger partial charge is 0.319 e. The Balaban J connectivity index is 1.78. The maximum absolute atomic E-state index is 11.8. The van der Waals surface area contributed by atoms with Crippen LogP contribution >= 0.6 is 11.8 Å². The van der Waals surface area contributed by atoms with E-state index in [2.05, 4.69) is 52.0 Å². The average molecular weight is 403 g/mol. The van der Waals surface area contributed by atoms with E-state index in [0.29, 0.717) is 5.92 Å². The van der Waals surface area contributed by atoms with E-state index >= 15 is 0 Å². The van der Waals surface area contributed by atoms with Crippen LogP contribution in [0.3, 0.4) is 0 Å². The third-order valence-electron chi connectivity index (χ3n) is 5.64. The number of pyridine rings is 1. The fourth-order valence-electron chi connectivity index (χ4n) is 3.90. The van der Waals surface area contributed by atoms with Gasteiger partial charge in [0.05, 0.1) is 22.4 Å². The van der Waals surface area contributed by atoms with Gasteiger partial charge >= 0.3 is 5.97 Å². The van der Waals surface area contributed by atoms with E-state index in [1.165, 1.54) is 40.9 Å². The monoisotopic (exact) mass is 402 g/mol. The maximum atomic E-state index is 11.8. The highest BCUT2D eigenvalue weighted by atomic mass is 32.2. The molecule has 5 heteroatoms. The van der Waals surface area contributed by atoms with Crippen molar-refractivity contribution in [2.24, 2.45) is 0 Å². The normalized spacial score (nSPS) is 14.6. The van der Waals surface area contributed by atoms with Gasteiger partial charge in [-0.15, -0.1) is 0 Å². The lowest BCUT2D eigenvalue weighted by atomic mass is 9.99. The number of thioether (sulfide) groups is 1. The fraction of sp³-hybridized carbons (Fsp3) is 0.250. The molecule has 0 spiro atoms. The number of carbonyl (C=O) groups is 1. The summed E-state index contributed by atoms with van der Waals surface area (Å²) >= 11 is 1.37. The zero-order valence-corrected chi connectivity index (χ0v) is 17.2. The number of rotatable bonds is 5. The molecule has 1 saturated carbocycles. The molecule has 2 heterocycles. The number of hydrogen-bond donors (Lipinski definition) is 1. The van der Waals surface area contributed by atoms with Crippen LogP contribution in [0, 0.1) is 0 Å². The van der Waals surface area contributed by atoms with E-state index in [-0.39, 0.29) is 0 Å². The molecule has 1 N–H and O–H groups in total. The van der Waals surface area contributed by atoms with Gasteiger partial charge in [-0.1, -0.05) is 42.1 Å². The SMILES string of the molecule is CC(C)(Sc1cc2ccncc2n1-c1ccc(C2CC2)c2ccccc12)C(=O)O. The van der Waals surface area contributed by atoms with Crippen molar-refractivity contribution in [2.45, 2.75) is 42.4 Å². The summed E-state index contributed by atoms with van der Waals surface area (Å²) in [5.41, 5.74) is 3.47. The highest BCUT2D eigenvalue weighted by molar-refractivity contribution is 8.01. The van der Waals surface area contributed by atoms with E-state index in [1.807, 2.05) is 12.3 Å². The van der Waals surface area contributed by atoms with Crippen molar-refractivity contribution in [3.05, 3.63) is 66.5 Å². The third-order valence-corrected chi connectivity index (χ3v) is 6.84.